The van der Waals surface area contributed by atoms with E-state index in [1.807, 2.05) is 0 Å². The number of hydrogen-bond donors (Lipinski definition) is 4. The van der Waals surface area contributed by atoms with Gasteiger partial charge in [0.1, 0.15) is 16.7 Å². The number of nitrogens with zero attached hydrogens (tertiary/aromatic N) is 2. The fourth-order valence-corrected chi connectivity index (χ4v) is 5.12. The van der Waals surface area contributed by atoms with Gasteiger partial charge in [-0.2, -0.15) is 4.37 Å². The molecule has 0 spiro atoms. The van der Waals surface area contributed by atoms with Crippen LogP contribution in [0.3, 0.4) is 0 Å². The first-order valence-corrected chi connectivity index (χ1v) is 12.3. The third kappa shape index (κ3) is 5.33. The zero-order valence-corrected chi connectivity index (χ0v) is 20.8. The number of primary amides is 1. The first kappa shape index (κ1) is 25.9. The first-order chi connectivity index (χ1) is 17.7. The van der Waals surface area contributed by atoms with E-state index in [1.54, 1.807) is 0 Å². The average molecular weight is 528 g/mol. The molecule has 1 aliphatic rings. The zero-order chi connectivity index (χ0) is 26.7. The lowest BCUT2D eigenvalue weighted by atomic mass is 10.0. The molecule has 1 aromatic heterocycles. The Balaban J connectivity index is 1.89. The number of halogens is 1. The number of amides is 3. The second kappa shape index (κ2) is 10.8. The van der Waals surface area contributed by atoms with E-state index in [0.717, 1.165) is 36.6 Å². The van der Waals surface area contributed by atoms with Crippen LogP contribution in [0.5, 0.6) is 11.5 Å². The molecule has 0 aliphatic heterocycles. The molecule has 2 aromatic carbocycles. The number of methoxy groups -OCH3 is 1. The predicted molar refractivity (Wildman–Crippen MR) is 136 cm³/mol. The molecule has 194 valence electrons. The van der Waals surface area contributed by atoms with Gasteiger partial charge >= 0.3 is 0 Å². The molecular formula is C25H26FN5O5S. The van der Waals surface area contributed by atoms with Gasteiger partial charge in [0, 0.05) is 11.7 Å². The minimum atomic E-state index is -1.32. The zero-order valence-electron chi connectivity index (χ0n) is 19.9. The second-order valence-electron chi connectivity index (χ2n) is 8.62. The van der Waals surface area contributed by atoms with Crippen LogP contribution in [0.25, 0.3) is 0 Å². The van der Waals surface area contributed by atoms with Crippen molar-refractivity contribution in [2.75, 3.05) is 17.7 Å². The fraction of sp³-hybridized carbons (Fsp3) is 0.280. The van der Waals surface area contributed by atoms with Gasteiger partial charge in [-0.15, -0.1) is 0 Å². The molecule has 1 aliphatic carbocycles. The van der Waals surface area contributed by atoms with Crippen molar-refractivity contribution < 1.29 is 28.6 Å². The number of nitrogens with one attached hydrogen (secondary N) is 1. The molecule has 1 fully saturated rings. The van der Waals surface area contributed by atoms with E-state index in [0.29, 0.717) is 17.1 Å². The largest absolute Gasteiger partial charge is 0.504 e. The third-order valence-electron chi connectivity index (χ3n) is 6.19. The number of anilines is 2. The van der Waals surface area contributed by atoms with Crippen LogP contribution in [0.4, 0.5) is 15.8 Å². The Morgan fingerprint density at radius 2 is 1.95 bits per heavy atom. The van der Waals surface area contributed by atoms with Crippen molar-refractivity contribution in [1.29, 1.82) is 0 Å². The predicted octanol–water partition coefficient (Wildman–Crippen LogP) is 3.12. The number of nitrogens with two attached hydrogens (primary N) is 2. The Bertz CT molecular complexity index is 1340. The number of carbonyl (C=O) groups excluding carboxylic acids is 3. The smallest absolute Gasteiger partial charge is 0.273 e. The lowest BCUT2D eigenvalue weighted by Gasteiger charge is -2.32. The summed E-state index contributed by atoms with van der Waals surface area (Å²) < 4.78 is 23.5. The maximum absolute atomic E-state index is 14.4. The summed E-state index contributed by atoms with van der Waals surface area (Å²) in [5.41, 5.74) is 11.2. The average Bonchev–Trinajstić information content (AvgIpc) is 3.52. The molecule has 10 nitrogen and oxygen atoms in total. The van der Waals surface area contributed by atoms with Crippen LogP contribution in [-0.2, 0) is 4.79 Å². The summed E-state index contributed by atoms with van der Waals surface area (Å²) in [6.07, 6.45) is 3.50. The summed E-state index contributed by atoms with van der Waals surface area (Å²) >= 11 is 0.650. The number of benzene rings is 2. The molecule has 0 saturated heterocycles. The quantitative estimate of drug-likeness (QED) is 0.350. The minimum absolute atomic E-state index is 0.0667. The lowest BCUT2D eigenvalue weighted by molar-refractivity contribution is -0.123. The number of hydrogen-bond acceptors (Lipinski definition) is 8. The topological polar surface area (TPSA) is 161 Å². The summed E-state index contributed by atoms with van der Waals surface area (Å²) in [5, 5.41) is 13.1. The van der Waals surface area contributed by atoms with E-state index in [9.17, 15) is 23.9 Å². The number of rotatable bonds is 8. The molecular weight excluding hydrogens is 501 g/mol. The Labute approximate surface area is 216 Å². The summed E-state index contributed by atoms with van der Waals surface area (Å²) in [6.45, 7) is 0. The summed E-state index contributed by atoms with van der Waals surface area (Å²) in [5.74, 6) is -2.94. The Morgan fingerprint density at radius 1 is 1.22 bits per heavy atom. The van der Waals surface area contributed by atoms with Crippen LogP contribution < -0.4 is 26.4 Å². The van der Waals surface area contributed by atoms with Gasteiger partial charge < -0.3 is 26.6 Å². The minimum Gasteiger partial charge on any atom is -0.504 e. The maximum atomic E-state index is 14.4. The number of phenolic OH excluding ortho intramolecular Hbond substituents is 1. The summed E-state index contributed by atoms with van der Waals surface area (Å²) in [6, 6.07) is 8.02. The fourth-order valence-electron chi connectivity index (χ4n) is 4.38. The highest BCUT2D eigenvalue weighted by Crippen LogP contribution is 2.37. The number of ether oxygens (including phenoxy) is 1. The molecule has 6 N–H and O–H groups in total. The molecule has 0 unspecified atom stereocenters. The van der Waals surface area contributed by atoms with E-state index in [1.165, 1.54) is 43.5 Å². The Morgan fingerprint density at radius 3 is 2.57 bits per heavy atom. The van der Waals surface area contributed by atoms with E-state index < -0.39 is 29.6 Å². The van der Waals surface area contributed by atoms with Crippen LogP contribution in [0.1, 0.15) is 57.4 Å². The van der Waals surface area contributed by atoms with E-state index >= 15 is 0 Å². The first-order valence-electron chi connectivity index (χ1n) is 11.5. The molecule has 1 saturated carbocycles. The monoisotopic (exact) mass is 527 g/mol. The van der Waals surface area contributed by atoms with Gasteiger partial charge in [-0.05, 0) is 60.3 Å². The van der Waals surface area contributed by atoms with Gasteiger partial charge in [-0.3, -0.25) is 19.3 Å². The molecule has 12 heteroatoms. The van der Waals surface area contributed by atoms with Gasteiger partial charge in [0.15, 0.2) is 17.2 Å². The van der Waals surface area contributed by atoms with Gasteiger partial charge in [0.25, 0.3) is 11.8 Å². The van der Waals surface area contributed by atoms with Crippen molar-refractivity contribution in [3.05, 3.63) is 64.4 Å². The van der Waals surface area contributed by atoms with Crippen molar-refractivity contribution in [3.8, 4) is 11.5 Å². The van der Waals surface area contributed by atoms with Crippen LogP contribution in [0.15, 0.2) is 42.5 Å². The highest BCUT2D eigenvalue weighted by molar-refractivity contribution is 7.09. The number of aromatic nitrogens is 1. The van der Waals surface area contributed by atoms with Crippen LogP contribution in [0, 0.1) is 5.82 Å². The molecule has 4 rings (SSSR count). The van der Waals surface area contributed by atoms with E-state index in [-0.39, 0.29) is 39.5 Å². The van der Waals surface area contributed by atoms with Gasteiger partial charge in [0.2, 0.25) is 5.91 Å². The van der Waals surface area contributed by atoms with Crippen LogP contribution >= 0.6 is 11.5 Å². The number of aromatic hydroxyl groups is 1. The molecule has 3 aromatic rings. The van der Waals surface area contributed by atoms with Gasteiger partial charge in [0.05, 0.1) is 12.8 Å². The SMILES string of the molecule is COc1cc([C@H](C(=O)NC2CCCC2)N(C(=O)c2snc(C(N)=O)c2N)c2cccc(F)c2)ccc1O. The molecule has 3 amide bonds. The third-order valence-corrected chi connectivity index (χ3v) is 7.04. The van der Waals surface area contributed by atoms with E-state index in [2.05, 4.69) is 9.69 Å². The molecule has 1 atom stereocenters. The van der Waals surface area contributed by atoms with E-state index in [4.69, 9.17) is 16.2 Å². The van der Waals surface area contributed by atoms with Gasteiger partial charge in [-0.25, -0.2) is 4.39 Å². The second-order valence-corrected chi connectivity index (χ2v) is 9.39. The van der Waals surface area contributed by atoms with Crippen LogP contribution in [-0.4, -0.2) is 40.4 Å². The standard InChI is InChI=1S/C25H26FN5O5S/c1-36-18-11-13(9-10-17(18)32)21(24(34)29-15-6-2-3-7-15)31(16-8-4-5-14(26)12-16)25(35)22-19(27)20(23(28)33)30-37-22/h4-5,8-12,15,21,32H,2-3,6-7,27H2,1H3,(H2,28,33)(H,29,34)/t21-/m1/s1. The highest BCUT2D eigenvalue weighted by Gasteiger charge is 2.37. The van der Waals surface area contributed by atoms with Crippen molar-refractivity contribution in [1.82, 2.24) is 9.69 Å². The maximum Gasteiger partial charge on any atom is 0.273 e. The van der Waals surface area contributed by atoms with Crippen molar-refractivity contribution in [3.63, 3.8) is 0 Å². The van der Waals surface area contributed by atoms with Crippen LogP contribution in [0.2, 0.25) is 0 Å². The summed E-state index contributed by atoms with van der Waals surface area (Å²) in [4.78, 5) is 40.4. The Kier molecular flexibility index (Phi) is 7.58. The number of carbonyl (C=O) groups is 3. The molecule has 0 bridgehead atoms. The Hall–Kier alpha value is -4.19. The lowest BCUT2D eigenvalue weighted by Crippen LogP contribution is -2.46. The van der Waals surface area contributed by atoms with Crippen molar-refractivity contribution in [2.45, 2.75) is 37.8 Å². The summed E-state index contributed by atoms with van der Waals surface area (Å²) in [7, 11) is 1.35. The number of phenols is 1. The van der Waals surface area contributed by atoms with Crippen molar-refractivity contribution in [2.24, 2.45) is 5.73 Å². The highest BCUT2D eigenvalue weighted by atomic mass is 32.1. The molecule has 0 radical (unpaired) electrons. The number of nitrogen functional groups attached to an aromatic ring is 1. The van der Waals surface area contributed by atoms with Crippen molar-refractivity contribution >= 4 is 40.6 Å². The normalized spacial score (nSPS) is 14.2. The van der Waals surface area contributed by atoms with Gasteiger partial charge in [-0.1, -0.05) is 25.0 Å². The molecule has 37 heavy (non-hydrogen) atoms. The molecule has 1 heterocycles.